The van der Waals surface area contributed by atoms with Crippen LogP contribution in [-0.2, 0) is 11.2 Å². The van der Waals surface area contributed by atoms with Crippen LogP contribution in [0.15, 0.2) is 54.6 Å². The molecule has 0 bridgehead atoms. The van der Waals surface area contributed by atoms with Crippen molar-refractivity contribution in [1.29, 1.82) is 0 Å². The van der Waals surface area contributed by atoms with Gasteiger partial charge in [0.05, 0.1) is 6.04 Å². The minimum absolute atomic E-state index is 0.0423. The van der Waals surface area contributed by atoms with Gasteiger partial charge >= 0.3 is 0 Å². The number of carbonyl (C=O) groups excluding carboxylic acids is 2. The van der Waals surface area contributed by atoms with Crippen molar-refractivity contribution in [1.82, 2.24) is 5.32 Å². The van der Waals surface area contributed by atoms with Gasteiger partial charge in [0.25, 0.3) is 5.91 Å². The summed E-state index contributed by atoms with van der Waals surface area (Å²) in [5.41, 5.74) is 2.70. The van der Waals surface area contributed by atoms with Crippen LogP contribution >= 0.6 is 0 Å². The summed E-state index contributed by atoms with van der Waals surface area (Å²) in [5, 5.41) is 2.81. The highest BCUT2D eigenvalue weighted by Gasteiger charge is 2.18. The Hall–Kier alpha value is -2.42. The van der Waals surface area contributed by atoms with Crippen molar-refractivity contribution in [3.8, 4) is 0 Å². The van der Waals surface area contributed by atoms with Crippen LogP contribution < -0.4 is 5.32 Å². The van der Waals surface area contributed by atoms with Gasteiger partial charge < -0.3 is 5.32 Å². The summed E-state index contributed by atoms with van der Waals surface area (Å²) in [6.07, 6.45) is 0.508. The Morgan fingerprint density at radius 2 is 1.62 bits per heavy atom. The number of rotatable bonds is 5. The largest absolute Gasteiger partial charge is 0.342 e. The molecule has 0 aliphatic carbocycles. The molecule has 0 fully saturated rings. The van der Waals surface area contributed by atoms with Gasteiger partial charge in [0.2, 0.25) is 0 Å². The van der Waals surface area contributed by atoms with Gasteiger partial charge in [-0.05, 0) is 38.0 Å². The summed E-state index contributed by atoms with van der Waals surface area (Å²) in [4.78, 5) is 24.0. The van der Waals surface area contributed by atoms with Crippen LogP contribution in [0.25, 0.3) is 0 Å². The van der Waals surface area contributed by atoms with Crippen molar-refractivity contribution in [2.75, 3.05) is 0 Å². The molecule has 0 aromatic heterocycles. The number of hydrogen-bond acceptors (Lipinski definition) is 2. The minimum Gasteiger partial charge on any atom is -0.342 e. The van der Waals surface area contributed by atoms with E-state index in [1.807, 2.05) is 49.4 Å². The standard InChI is InChI=1S/C18H19NO2/c1-13-8-10-16(11-9-13)18(21)19-17(14(2)20)12-15-6-4-3-5-7-15/h3-11,17H,12H2,1-2H3,(H,19,21). The topological polar surface area (TPSA) is 46.2 Å². The second kappa shape index (κ2) is 6.84. The number of Topliss-reactive ketones (excluding diaryl/α,β-unsaturated/α-hetero) is 1. The Labute approximate surface area is 125 Å². The Balaban J connectivity index is 2.07. The molecule has 2 aromatic rings. The van der Waals surface area contributed by atoms with Crippen molar-refractivity contribution in [3.05, 3.63) is 71.3 Å². The molecule has 0 spiro atoms. The van der Waals surface area contributed by atoms with Crippen molar-refractivity contribution >= 4 is 11.7 Å². The zero-order chi connectivity index (χ0) is 15.2. The average molecular weight is 281 g/mol. The maximum Gasteiger partial charge on any atom is 0.251 e. The van der Waals surface area contributed by atoms with Crippen molar-refractivity contribution in [2.45, 2.75) is 26.3 Å². The van der Waals surface area contributed by atoms with Gasteiger partial charge in [0.1, 0.15) is 0 Å². The number of carbonyl (C=O) groups is 2. The van der Waals surface area contributed by atoms with E-state index in [4.69, 9.17) is 0 Å². The van der Waals surface area contributed by atoms with Crippen molar-refractivity contribution in [3.63, 3.8) is 0 Å². The number of benzene rings is 2. The van der Waals surface area contributed by atoms with E-state index in [1.54, 1.807) is 12.1 Å². The third-order valence-corrected chi connectivity index (χ3v) is 3.39. The molecule has 2 rings (SSSR count). The fourth-order valence-electron chi connectivity index (χ4n) is 2.09. The number of aryl methyl sites for hydroxylation is 1. The highest BCUT2D eigenvalue weighted by atomic mass is 16.2. The summed E-state index contributed by atoms with van der Waals surface area (Å²) in [6, 6.07) is 16.5. The Morgan fingerprint density at radius 1 is 1.00 bits per heavy atom. The van der Waals surface area contributed by atoms with E-state index in [9.17, 15) is 9.59 Å². The summed E-state index contributed by atoms with van der Waals surface area (Å²) in [7, 11) is 0. The van der Waals surface area contributed by atoms with E-state index in [2.05, 4.69) is 5.32 Å². The fourth-order valence-corrected chi connectivity index (χ4v) is 2.09. The smallest absolute Gasteiger partial charge is 0.251 e. The second-order valence-corrected chi connectivity index (χ2v) is 5.19. The monoisotopic (exact) mass is 281 g/mol. The van der Waals surface area contributed by atoms with E-state index >= 15 is 0 Å². The Morgan fingerprint density at radius 3 is 2.19 bits per heavy atom. The molecule has 1 unspecified atom stereocenters. The molecule has 0 radical (unpaired) electrons. The van der Waals surface area contributed by atoms with Crippen molar-refractivity contribution in [2.24, 2.45) is 0 Å². The third kappa shape index (κ3) is 4.28. The first kappa shape index (κ1) is 15.0. The predicted octanol–water partition coefficient (Wildman–Crippen LogP) is 2.93. The van der Waals surface area contributed by atoms with E-state index in [1.165, 1.54) is 6.92 Å². The SMILES string of the molecule is CC(=O)C(Cc1ccccc1)NC(=O)c1ccc(C)cc1. The van der Waals surface area contributed by atoms with Crippen LogP contribution in [0.5, 0.6) is 0 Å². The zero-order valence-corrected chi connectivity index (χ0v) is 12.3. The quantitative estimate of drug-likeness (QED) is 0.916. The van der Waals surface area contributed by atoms with Gasteiger partial charge in [-0.15, -0.1) is 0 Å². The molecule has 0 heterocycles. The molecule has 3 nitrogen and oxygen atoms in total. The van der Waals surface area contributed by atoms with Gasteiger partial charge in [0.15, 0.2) is 5.78 Å². The molecule has 21 heavy (non-hydrogen) atoms. The minimum atomic E-state index is -0.499. The fraction of sp³-hybridized carbons (Fsp3) is 0.222. The lowest BCUT2D eigenvalue weighted by Crippen LogP contribution is -2.41. The summed E-state index contributed by atoms with van der Waals surface area (Å²) >= 11 is 0. The Bertz CT molecular complexity index is 617. The number of ketones is 1. The van der Waals surface area contributed by atoms with Crippen LogP contribution in [0.4, 0.5) is 0 Å². The van der Waals surface area contributed by atoms with E-state index in [0.29, 0.717) is 12.0 Å². The molecule has 1 N–H and O–H groups in total. The first-order valence-electron chi connectivity index (χ1n) is 6.98. The lowest BCUT2D eigenvalue weighted by molar-refractivity contribution is -0.118. The zero-order valence-electron chi connectivity index (χ0n) is 12.3. The first-order valence-corrected chi connectivity index (χ1v) is 6.98. The number of amides is 1. The van der Waals surface area contributed by atoms with Gasteiger partial charge in [-0.1, -0.05) is 48.0 Å². The number of nitrogens with one attached hydrogen (secondary N) is 1. The Kier molecular flexibility index (Phi) is 4.88. The lowest BCUT2D eigenvalue weighted by Gasteiger charge is -2.16. The molecule has 0 aliphatic heterocycles. The van der Waals surface area contributed by atoms with Crippen LogP contribution in [0, 0.1) is 6.92 Å². The highest BCUT2D eigenvalue weighted by Crippen LogP contribution is 2.07. The maximum absolute atomic E-state index is 12.2. The molecule has 0 aliphatic rings. The molecule has 1 atom stereocenters. The van der Waals surface area contributed by atoms with E-state index in [-0.39, 0.29) is 11.7 Å². The van der Waals surface area contributed by atoms with Gasteiger partial charge in [0, 0.05) is 5.56 Å². The van der Waals surface area contributed by atoms with Gasteiger partial charge in [-0.25, -0.2) is 0 Å². The molecule has 0 saturated carbocycles. The van der Waals surface area contributed by atoms with Crippen LogP contribution in [0.1, 0.15) is 28.4 Å². The van der Waals surface area contributed by atoms with Crippen molar-refractivity contribution < 1.29 is 9.59 Å². The van der Waals surface area contributed by atoms with Crippen LogP contribution in [0.2, 0.25) is 0 Å². The van der Waals surface area contributed by atoms with Gasteiger partial charge in [-0.2, -0.15) is 0 Å². The van der Waals surface area contributed by atoms with E-state index < -0.39 is 6.04 Å². The second-order valence-electron chi connectivity index (χ2n) is 5.19. The van der Waals surface area contributed by atoms with E-state index in [0.717, 1.165) is 11.1 Å². The summed E-state index contributed by atoms with van der Waals surface area (Å²) in [5.74, 6) is -0.259. The van der Waals surface area contributed by atoms with Gasteiger partial charge in [-0.3, -0.25) is 9.59 Å². The average Bonchev–Trinajstić information content (AvgIpc) is 2.48. The maximum atomic E-state index is 12.2. The molecule has 0 saturated heterocycles. The normalized spacial score (nSPS) is 11.7. The molecular formula is C18H19NO2. The summed E-state index contributed by atoms with van der Waals surface area (Å²) in [6.45, 7) is 3.47. The lowest BCUT2D eigenvalue weighted by atomic mass is 10.0. The molecule has 1 amide bonds. The number of hydrogen-bond donors (Lipinski definition) is 1. The molecule has 3 heteroatoms. The van der Waals surface area contributed by atoms with Crippen LogP contribution in [-0.4, -0.2) is 17.7 Å². The summed E-state index contributed by atoms with van der Waals surface area (Å²) < 4.78 is 0. The molecule has 2 aromatic carbocycles. The molecular weight excluding hydrogens is 262 g/mol. The predicted molar refractivity (Wildman–Crippen MR) is 83.3 cm³/mol. The third-order valence-electron chi connectivity index (χ3n) is 3.39. The first-order chi connectivity index (χ1) is 10.1. The van der Waals surface area contributed by atoms with Crippen LogP contribution in [0.3, 0.4) is 0 Å². The molecule has 108 valence electrons. The highest BCUT2D eigenvalue weighted by molar-refractivity contribution is 5.97.